The van der Waals surface area contributed by atoms with Crippen LogP contribution in [0.5, 0.6) is 0 Å². The summed E-state index contributed by atoms with van der Waals surface area (Å²) in [6.07, 6.45) is 0.712. The van der Waals surface area contributed by atoms with Crippen LogP contribution in [0.4, 0.5) is 0 Å². The van der Waals surface area contributed by atoms with Crippen molar-refractivity contribution in [2.24, 2.45) is 0 Å². The van der Waals surface area contributed by atoms with Crippen molar-refractivity contribution in [3.05, 3.63) is 0 Å². The summed E-state index contributed by atoms with van der Waals surface area (Å²) in [6.45, 7) is 2.91. The highest BCUT2D eigenvalue weighted by atomic mass is 16.1. The van der Waals surface area contributed by atoms with Crippen molar-refractivity contribution in [1.29, 1.82) is 0 Å². The molecule has 0 unspecified atom stereocenters. The van der Waals surface area contributed by atoms with Crippen molar-refractivity contribution < 1.29 is 9.39 Å². The first kappa shape index (κ1) is 7.43. The van der Waals surface area contributed by atoms with E-state index in [9.17, 15) is 4.79 Å². The second-order valence-electron chi connectivity index (χ2n) is 2.25. The number of amides is 1. The summed E-state index contributed by atoms with van der Waals surface area (Å²) >= 11 is 0. The van der Waals surface area contributed by atoms with E-state index in [-0.39, 0.29) is 0 Å². The normalized spacial score (nSPS) is 10.9. The lowest BCUT2D eigenvalue weighted by Crippen LogP contribution is -2.50. The molecule has 0 saturated heterocycles. The second kappa shape index (κ2) is 2.67. The number of nitrogens with zero attached hydrogens (tertiary/aromatic N) is 1. The van der Waals surface area contributed by atoms with Crippen molar-refractivity contribution in [3.63, 3.8) is 0 Å². The number of nitrogens with one attached hydrogen (secondary N) is 1. The third-order valence-electron chi connectivity index (χ3n) is 1.19. The van der Waals surface area contributed by atoms with Crippen LogP contribution in [0.3, 0.4) is 0 Å². The molecule has 1 amide bonds. The fourth-order valence-electron chi connectivity index (χ4n) is 0.234. The molecule has 48 valence electrons. The van der Waals surface area contributed by atoms with Gasteiger partial charge in [0.1, 0.15) is 0 Å². The standard InChI is InChI=1S/C5H12N2O/c1-4-7(2,3)6-5-8/h5H,4H2,1-3H3/p+1. The summed E-state index contributed by atoms with van der Waals surface area (Å²) in [5.41, 5.74) is 2.63. The lowest BCUT2D eigenvalue weighted by molar-refractivity contribution is -0.922. The van der Waals surface area contributed by atoms with Crippen LogP contribution in [-0.4, -0.2) is 31.6 Å². The fourth-order valence-corrected chi connectivity index (χ4v) is 0.234. The molecule has 0 fully saturated rings. The quantitative estimate of drug-likeness (QED) is 0.308. The van der Waals surface area contributed by atoms with E-state index in [4.69, 9.17) is 0 Å². The van der Waals surface area contributed by atoms with Gasteiger partial charge in [-0.15, -0.1) is 0 Å². The maximum absolute atomic E-state index is 9.85. The van der Waals surface area contributed by atoms with Crippen LogP contribution in [0.2, 0.25) is 0 Å². The van der Waals surface area contributed by atoms with Gasteiger partial charge in [0, 0.05) is 0 Å². The molecule has 8 heavy (non-hydrogen) atoms. The zero-order valence-electron chi connectivity index (χ0n) is 5.64. The summed E-state index contributed by atoms with van der Waals surface area (Å²) < 4.78 is 0.545. The zero-order chi connectivity index (χ0) is 6.62. The van der Waals surface area contributed by atoms with E-state index in [0.717, 1.165) is 6.54 Å². The molecule has 1 N–H and O–H groups in total. The number of carbonyl (C=O) groups is 1. The van der Waals surface area contributed by atoms with Gasteiger partial charge in [-0.2, -0.15) is 0 Å². The van der Waals surface area contributed by atoms with Gasteiger partial charge >= 0.3 is 0 Å². The molecule has 0 saturated carbocycles. The van der Waals surface area contributed by atoms with Crippen molar-refractivity contribution in [2.75, 3.05) is 20.6 Å². The van der Waals surface area contributed by atoms with Crippen LogP contribution < -0.4 is 5.43 Å². The van der Waals surface area contributed by atoms with E-state index in [2.05, 4.69) is 5.43 Å². The SMILES string of the molecule is CC[N+](C)(C)NC=O. The lowest BCUT2D eigenvalue weighted by Gasteiger charge is -2.24. The Morgan fingerprint density at radius 2 is 2.12 bits per heavy atom. The van der Waals surface area contributed by atoms with E-state index in [1.807, 2.05) is 21.0 Å². The monoisotopic (exact) mass is 117 g/mol. The minimum Gasteiger partial charge on any atom is -0.274 e. The molecule has 0 aliphatic heterocycles. The molecule has 0 spiro atoms. The van der Waals surface area contributed by atoms with Crippen molar-refractivity contribution >= 4 is 6.41 Å². The average Bonchev–Trinajstić information content (AvgIpc) is 1.67. The minimum atomic E-state index is 0.545. The lowest BCUT2D eigenvalue weighted by atomic mass is 10.6. The van der Waals surface area contributed by atoms with Crippen LogP contribution >= 0.6 is 0 Å². The zero-order valence-corrected chi connectivity index (χ0v) is 5.64. The Labute approximate surface area is 49.9 Å². The summed E-state index contributed by atoms with van der Waals surface area (Å²) in [5, 5.41) is 0. The molecule has 0 aromatic heterocycles. The van der Waals surface area contributed by atoms with E-state index in [1.54, 1.807) is 0 Å². The number of hydrogen-bond donors (Lipinski definition) is 1. The Hall–Kier alpha value is -0.570. The number of carbonyl (C=O) groups excluding carboxylic acids is 1. The Morgan fingerprint density at radius 1 is 1.62 bits per heavy atom. The van der Waals surface area contributed by atoms with Crippen LogP contribution in [0.15, 0.2) is 0 Å². The van der Waals surface area contributed by atoms with Gasteiger partial charge in [-0.05, 0) is 6.92 Å². The Bertz CT molecular complexity index is 80.5. The number of quaternary nitrogens is 1. The third-order valence-corrected chi connectivity index (χ3v) is 1.19. The number of hydrogen-bond acceptors (Lipinski definition) is 1. The first-order chi connectivity index (χ1) is 3.62. The summed E-state index contributed by atoms with van der Waals surface area (Å²) in [7, 11) is 3.85. The van der Waals surface area contributed by atoms with Gasteiger partial charge in [-0.3, -0.25) is 4.79 Å². The van der Waals surface area contributed by atoms with E-state index < -0.39 is 0 Å². The molecule has 0 aliphatic carbocycles. The maximum atomic E-state index is 9.85. The van der Waals surface area contributed by atoms with Crippen LogP contribution in [0, 0.1) is 0 Å². The highest BCUT2D eigenvalue weighted by Gasteiger charge is 2.07. The summed E-state index contributed by atoms with van der Waals surface area (Å²) in [5.74, 6) is 0. The van der Waals surface area contributed by atoms with E-state index in [1.165, 1.54) is 0 Å². The minimum absolute atomic E-state index is 0.545. The first-order valence-corrected chi connectivity index (χ1v) is 2.67. The smallest absolute Gasteiger partial charge is 0.252 e. The molecule has 0 heterocycles. The van der Waals surface area contributed by atoms with Gasteiger partial charge in [-0.25, -0.2) is 10.0 Å². The van der Waals surface area contributed by atoms with Gasteiger partial charge in [0.15, 0.2) is 0 Å². The predicted molar refractivity (Wildman–Crippen MR) is 31.8 cm³/mol. The molecule has 0 radical (unpaired) electrons. The summed E-state index contributed by atoms with van der Waals surface area (Å²) in [6, 6.07) is 0. The van der Waals surface area contributed by atoms with E-state index >= 15 is 0 Å². The van der Waals surface area contributed by atoms with Gasteiger partial charge in [0.05, 0.1) is 20.6 Å². The van der Waals surface area contributed by atoms with Gasteiger partial charge < -0.3 is 0 Å². The Morgan fingerprint density at radius 3 is 2.25 bits per heavy atom. The number of rotatable bonds is 3. The van der Waals surface area contributed by atoms with Crippen molar-refractivity contribution in [3.8, 4) is 0 Å². The molecular formula is C5H13N2O+. The molecule has 0 aliphatic rings. The highest BCUT2D eigenvalue weighted by Crippen LogP contribution is 1.84. The van der Waals surface area contributed by atoms with Crippen molar-refractivity contribution in [2.45, 2.75) is 6.92 Å². The van der Waals surface area contributed by atoms with Crippen LogP contribution in [0.1, 0.15) is 6.92 Å². The van der Waals surface area contributed by atoms with Gasteiger partial charge in [-0.1, -0.05) is 0 Å². The summed E-state index contributed by atoms with van der Waals surface area (Å²) in [4.78, 5) is 9.85. The fraction of sp³-hybridized carbons (Fsp3) is 0.800. The molecule has 0 atom stereocenters. The molecular weight excluding hydrogens is 104 g/mol. The van der Waals surface area contributed by atoms with Crippen LogP contribution in [0.25, 0.3) is 0 Å². The third kappa shape index (κ3) is 2.58. The molecule has 0 aromatic carbocycles. The van der Waals surface area contributed by atoms with Crippen molar-refractivity contribution in [1.82, 2.24) is 5.43 Å². The van der Waals surface area contributed by atoms with Crippen LogP contribution in [-0.2, 0) is 4.79 Å². The molecule has 0 aromatic rings. The van der Waals surface area contributed by atoms with E-state index in [0.29, 0.717) is 11.0 Å². The molecule has 0 rings (SSSR count). The average molecular weight is 117 g/mol. The Kier molecular flexibility index (Phi) is 2.48. The van der Waals surface area contributed by atoms with Gasteiger partial charge in [0.2, 0.25) is 0 Å². The molecule has 0 bridgehead atoms. The highest BCUT2D eigenvalue weighted by molar-refractivity contribution is 5.43. The molecule has 3 heteroatoms. The molecule has 3 nitrogen and oxygen atoms in total. The van der Waals surface area contributed by atoms with Gasteiger partial charge in [0.25, 0.3) is 6.41 Å². The topological polar surface area (TPSA) is 29.1 Å². The maximum Gasteiger partial charge on any atom is 0.252 e. The Balaban J connectivity index is 3.53. The largest absolute Gasteiger partial charge is 0.274 e. The second-order valence-corrected chi connectivity index (χ2v) is 2.25. The first-order valence-electron chi connectivity index (χ1n) is 2.67. The predicted octanol–water partition coefficient (Wildman–Crippen LogP) is -0.256.